The van der Waals surface area contributed by atoms with E-state index in [0.29, 0.717) is 24.2 Å². The number of anilines is 1. The number of H-pyrrole nitrogens is 1. The SMILES string of the molecule is NC(=O)c1cnc(N2CCCC3(C2)NCCNC3=O)c2c1[nH]c1ccccc12. The summed E-state index contributed by atoms with van der Waals surface area (Å²) in [6.07, 6.45) is 3.21. The maximum Gasteiger partial charge on any atom is 0.252 e. The van der Waals surface area contributed by atoms with E-state index in [-0.39, 0.29) is 5.91 Å². The number of nitrogens with one attached hydrogen (secondary N) is 3. The molecular weight excluding hydrogens is 356 g/mol. The molecule has 1 unspecified atom stereocenters. The fraction of sp³-hybridized carbons (Fsp3) is 0.350. The predicted octanol–water partition coefficient (Wildman–Crippen LogP) is 0.873. The van der Waals surface area contributed by atoms with E-state index in [2.05, 4.69) is 25.5 Å². The molecule has 0 radical (unpaired) electrons. The molecule has 5 N–H and O–H groups in total. The third-order valence-corrected chi connectivity index (χ3v) is 5.88. The monoisotopic (exact) mass is 378 g/mol. The Labute approximate surface area is 161 Å². The first-order chi connectivity index (χ1) is 13.6. The van der Waals surface area contributed by atoms with Gasteiger partial charge in [0.2, 0.25) is 5.91 Å². The van der Waals surface area contributed by atoms with Crippen molar-refractivity contribution in [3.63, 3.8) is 0 Å². The van der Waals surface area contributed by atoms with E-state index >= 15 is 0 Å². The highest BCUT2D eigenvalue weighted by atomic mass is 16.2. The second-order valence-corrected chi connectivity index (χ2v) is 7.57. The average molecular weight is 378 g/mol. The number of aromatic amines is 1. The van der Waals surface area contributed by atoms with Crippen LogP contribution in [0.15, 0.2) is 30.5 Å². The van der Waals surface area contributed by atoms with E-state index in [4.69, 9.17) is 5.73 Å². The van der Waals surface area contributed by atoms with Crippen LogP contribution in [0.3, 0.4) is 0 Å². The van der Waals surface area contributed by atoms with Gasteiger partial charge in [0, 0.05) is 43.3 Å². The maximum absolute atomic E-state index is 12.6. The quantitative estimate of drug-likeness (QED) is 0.528. The molecule has 2 amide bonds. The molecule has 8 nitrogen and oxygen atoms in total. The smallest absolute Gasteiger partial charge is 0.252 e. The van der Waals surface area contributed by atoms with Crippen LogP contribution in [0.4, 0.5) is 5.82 Å². The fourth-order valence-corrected chi connectivity index (χ4v) is 4.55. The van der Waals surface area contributed by atoms with Gasteiger partial charge in [-0.1, -0.05) is 18.2 Å². The van der Waals surface area contributed by atoms with E-state index in [1.54, 1.807) is 0 Å². The van der Waals surface area contributed by atoms with Gasteiger partial charge in [0.05, 0.1) is 16.5 Å². The lowest BCUT2D eigenvalue weighted by Gasteiger charge is -2.45. The lowest BCUT2D eigenvalue weighted by atomic mass is 9.86. The Morgan fingerprint density at radius 1 is 1.25 bits per heavy atom. The van der Waals surface area contributed by atoms with Gasteiger partial charge < -0.3 is 26.3 Å². The van der Waals surface area contributed by atoms with Crippen LogP contribution < -0.4 is 21.3 Å². The first kappa shape index (κ1) is 17.0. The van der Waals surface area contributed by atoms with Gasteiger partial charge in [-0.05, 0) is 18.9 Å². The average Bonchev–Trinajstić information content (AvgIpc) is 3.09. The number of nitrogens with two attached hydrogens (primary N) is 1. The lowest BCUT2D eigenvalue weighted by molar-refractivity contribution is -0.129. The van der Waals surface area contributed by atoms with Crippen molar-refractivity contribution in [2.45, 2.75) is 18.4 Å². The molecule has 0 saturated carbocycles. The van der Waals surface area contributed by atoms with Crippen LogP contribution in [0.25, 0.3) is 21.8 Å². The Morgan fingerprint density at radius 2 is 2.11 bits per heavy atom. The van der Waals surface area contributed by atoms with Crippen molar-refractivity contribution < 1.29 is 9.59 Å². The standard InChI is InChI=1S/C20H22N6O2/c21-17(27)13-10-23-18(15-12-4-1-2-5-14(12)25-16(13)15)26-9-3-6-20(11-26)19(28)22-7-8-24-20/h1-2,4-5,10,24-25H,3,6-9,11H2,(H2,21,27)(H,22,28). The minimum absolute atomic E-state index is 0.0485. The van der Waals surface area contributed by atoms with Crippen LogP contribution in [-0.4, -0.2) is 53.5 Å². The fourth-order valence-electron chi connectivity index (χ4n) is 4.55. The number of piperazine rings is 1. The number of amides is 2. The third kappa shape index (κ3) is 2.45. The molecule has 2 aliphatic heterocycles. The molecule has 144 valence electrons. The van der Waals surface area contributed by atoms with Crippen molar-refractivity contribution in [1.29, 1.82) is 0 Å². The van der Waals surface area contributed by atoms with Crippen LogP contribution in [0.2, 0.25) is 0 Å². The number of hydrogen-bond donors (Lipinski definition) is 4. The summed E-state index contributed by atoms with van der Waals surface area (Å²) in [5.74, 6) is 0.308. The Kier molecular flexibility index (Phi) is 3.77. The molecule has 3 aromatic rings. The number of rotatable bonds is 2. The zero-order chi connectivity index (χ0) is 19.3. The number of nitrogens with zero attached hydrogens (tertiary/aromatic N) is 2. The van der Waals surface area contributed by atoms with Crippen molar-refractivity contribution in [2.75, 3.05) is 31.1 Å². The molecule has 1 aromatic carbocycles. The molecule has 28 heavy (non-hydrogen) atoms. The summed E-state index contributed by atoms with van der Waals surface area (Å²) in [5, 5.41) is 8.28. The first-order valence-corrected chi connectivity index (χ1v) is 9.57. The largest absolute Gasteiger partial charge is 0.365 e. The van der Waals surface area contributed by atoms with Crippen molar-refractivity contribution in [2.24, 2.45) is 5.73 Å². The van der Waals surface area contributed by atoms with E-state index in [1.165, 1.54) is 6.20 Å². The van der Waals surface area contributed by atoms with Gasteiger partial charge in [0.15, 0.2) is 0 Å². The van der Waals surface area contributed by atoms with E-state index < -0.39 is 11.4 Å². The highest BCUT2D eigenvalue weighted by Crippen LogP contribution is 2.36. The van der Waals surface area contributed by atoms with Crippen LogP contribution in [-0.2, 0) is 4.79 Å². The maximum atomic E-state index is 12.6. The first-order valence-electron chi connectivity index (χ1n) is 9.57. The lowest BCUT2D eigenvalue weighted by Crippen LogP contribution is -2.69. The van der Waals surface area contributed by atoms with Crippen LogP contribution in [0, 0.1) is 0 Å². The topological polar surface area (TPSA) is 116 Å². The predicted molar refractivity (Wildman–Crippen MR) is 107 cm³/mol. The van der Waals surface area contributed by atoms with Gasteiger partial charge >= 0.3 is 0 Å². The number of hydrogen-bond acceptors (Lipinski definition) is 5. The van der Waals surface area contributed by atoms with Gasteiger partial charge in [0.25, 0.3) is 5.91 Å². The van der Waals surface area contributed by atoms with Crippen molar-refractivity contribution in [3.8, 4) is 0 Å². The summed E-state index contributed by atoms with van der Waals surface area (Å²) in [6.45, 7) is 2.75. The number of benzene rings is 1. The van der Waals surface area contributed by atoms with Crippen LogP contribution >= 0.6 is 0 Å². The van der Waals surface area contributed by atoms with E-state index in [1.807, 2.05) is 24.3 Å². The Bertz CT molecular complexity index is 1100. The number of carbonyl (C=O) groups is 2. The van der Waals surface area contributed by atoms with Gasteiger partial charge in [-0.15, -0.1) is 0 Å². The number of pyridine rings is 1. The van der Waals surface area contributed by atoms with Gasteiger partial charge in [-0.2, -0.15) is 0 Å². The summed E-state index contributed by atoms with van der Waals surface area (Å²) in [6, 6.07) is 7.89. The van der Waals surface area contributed by atoms with Crippen LogP contribution in [0.1, 0.15) is 23.2 Å². The Morgan fingerprint density at radius 3 is 2.93 bits per heavy atom. The number of carbonyl (C=O) groups excluding carboxylic acids is 2. The van der Waals surface area contributed by atoms with Crippen molar-refractivity contribution >= 4 is 39.4 Å². The molecule has 0 bridgehead atoms. The number of aromatic nitrogens is 2. The molecule has 0 aliphatic carbocycles. The molecule has 8 heteroatoms. The minimum atomic E-state index is -0.598. The molecule has 5 rings (SSSR count). The molecule has 2 aliphatic rings. The van der Waals surface area contributed by atoms with Crippen molar-refractivity contribution in [3.05, 3.63) is 36.0 Å². The summed E-state index contributed by atoms with van der Waals surface area (Å²) < 4.78 is 0. The third-order valence-electron chi connectivity index (χ3n) is 5.88. The Balaban J connectivity index is 1.67. The number of primary amides is 1. The second kappa shape index (κ2) is 6.20. The van der Waals surface area contributed by atoms with Gasteiger partial charge in [-0.25, -0.2) is 4.98 Å². The molecule has 2 aromatic heterocycles. The molecule has 4 heterocycles. The summed E-state index contributed by atoms with van der Waals surface area (Å²) in [4.78, 5) is 34.7. The number of fused-ring (bicyclic) bond motifs is 3. The molecule has 2 fully saturated rings. The van der Waals surface area contributed by atoms with E-state index in [0.717, 1.165) is 48.0 Å². The zero-order valence-electron chi connectivity index (χ0n) is 15.4. The summed E-state index contributed by atoms with van der Waals surface area (Å²) >= 11 is 0. The summed E-state index contributed by atoms with van der Waals surface area (Å²) in [7, 11) is 0. The summed E-state index contributed by atoms with van der Waals surface area (Å²) in [5.41, 5.74) is 6.98. The number of piperidine rings is 1. The molecule has 2 saturated heterocycles. The van der Waals surface area contributed by atoms with Crippen LogP contribution in [0.5, 0.6) is 0 Å². The zero-order valence-corrected chi connectivity index (χ0v) is 15.4. The van der Waals surface area contributed by atoms with Crippen molar-refractivity contribution in [1.82, 2.24) is 20.6 Å². The molecule has 1 spiro atoms. The molecule has 1 atom stereocenters. The highest BCUT2D eigenvalue weighted by Gasteiger charge is 2.44. The minimum Gasteiger partial charge on any atom is -0.365 e. The Hall–Kier alpha value is -3.13. The normalized spacial score (nSPS) is 22.7. The number of para-hydroxylation sites is 1. The van der Waals surface area contributed by atoms with Gasteiger partial charge in [0.1, 0.15) is 11.4 Å². The second-order valence-electron chi connectivity index (χ2n) is 7.57. The van der Waals surface area contributed by atoms with Gasteiger partial charge in [-0.3, -0.25) is 9.59 Å². The molecular formula is C20H22N6O2. The van der Waals surface area contributed by atoms with E-state index in [9.17, 15) is 9.59 Å². The highest BCUT2D eigenvalue weighted by molar-refractivity contribution is 6.18.